The van der Waals surface area contributed by atoms with Gasteiger partial charge in [0.15, 0.2) is 0 Å². The lowest BCUT2D eigenvalue weighted by Crippen LogP contribution is -2.17. The second-order valence-electron chi connectivity index (χ2n) is 2.59. The van der Waals surface area contributed by atoms with Crippen molar-refractivity contribution in [2.45, 2.75) is 25.5 Å². The average Bonchev–Trinajstić information content (AvgIpc) is 2.17. The molecule has 0 N–H and O–H groups in total. The van der Waals surface area contributed by atoms with Crippen LogP contribution < -0.4 is 0 Å². The first-order valence-corrected chi connectivity index (χ1v) is 5.51. The maximum atomic E-state index is 11.1. The fourth-order valence-corrected chi connectivity index (χ4v) is 1.59. The van der Waals surface area contributed by atoms with Crippen LogP contribution in [0.5, 0.6) is 0 Å². The number of hydrogen-bond donors (Lipinski definition) is 0. The van der Waals surface area contributed by atoms with E-state index < -0.39 is 0 Å². The third-order valence-electron chi connectivity index (χ3n) is 1.52. The second kappa shape index (κ2) is 7.67. The van der Waals surface area contributed by atoms with Gasteiger partial charge in [-0.15, -0.1) is 11.8 Å². The van der Waals surface area contributed by atoms with Gasteiger partial charge in [-0.3, -0.25) is 9.59 Å². The summed E-state index contributed by atoms with van der Waals surface area (Å²) in [7, 11) is 1.35. The van der Waals surface area contributed by atoms with E-state index in [9.17, 15) is 9.59 Å². The zero-order chi connectivity index (χ0) is 11.0. The highest BCUT2D eigenvalue weighted by Gasteiger charge is 2.14. The smallest absolute Gasteiger partial charge is 0.318 e. The highest BCUT2D eigenvalue weighted by molar-refractivity contribution is 8.00. The van der Waals surface area contributed by atoms with Gasteiger partial charge in [-0.1, -0.05) is 0 Å². The van der Waals surface area contributed by atoms with Gasteiger partial charge in [-0.2, -0.15) is 0 Å². The van der Waals surface area contributed by atoms with Crippen molar-refractivity contribution in [1.82, 2.24) is 0 Å². The SMILES string of the molecule is CCOC(=O)[C@H](C)SCCC(=O)OC. The fraction of sp³-hybridized carbons (Fsp3) is 0.778. The molecule has 0 aliphatic rings. The zero-order valence-electron chi connectivity index (χ0n) is 8.74. The molecular formula is C9H16O4S. The quantitative estimate of drug-likeness (QED) is 0.630. The molecule has 0 saturated carbocycles. The molecule has 0 saturated heterocycles. The Morgan fingerprint density at radius 3 is 2.57 bits per heavy atom. The van der Waals surface area contributed by atoms with Crippen molar-refractivity contribution < 1.29 is 19.1 Å². The molecule has 5 heteroatoms. The summed E-state index contributed by atoms with van der Waals surface area (Å²) in [6, 6.07) is 0. The van der Waals surface area contributed by atoms with Crippen LogP contribution in [0.3, 0.4) is 0 Å². The number of hydrogen-bond acceptors (Lipinski definition) is 5. The topological polar surface area (TPSA) is 52.6 Å². The van der Waals surface area contributed by atoms with Gasteiger partial charge in [0, 0.05) is 5.75 Å². The number of thioether (sulfide) groups is 1. The Bertz CT molecular complexity index is 193. The summed E-state index contributed by atoms with van der Waals surface area (Å²) in [5.74, 6) is 0.0862. The number of rotatable bonds is 6. The molecular weight excluding hydrogens is 204 g/mol. The molecule has 0 rings (SSSR count). The van der Waals surface area contributed by atoms with Gasteiger partial charge in [-0.05, 0) is 13.8 Å². The molecule has 0 aliphatic heterocycles. The van der Waals surface area contributed by atoms with E-state index in [4.69, 9.17) is 4.74 Å². The highest BCUT2D eigenvalue weighted by Crippen LogP contribution is 2.13. The third kappa shape index (κ3) is 5.85. The molecule has 0 aromatic carbocycles. The molecule has 82 valence electrons. The minimum atomic E-state index is -0.256. The monoisotopic (exact) mass is 220 g/mol. The summed E-state index contributed by atoms with van der Waals surface area (Å²) in [6.07, 6.45) is 0.324. The predicted molar refractivity (Wildman–Crippen MR) is 55.2 cm³/mol. The maximum absolute atomic E-state index is 11.1. The lowest BCUT2D eigenvalue weighted by molar-refractivity contribution is -0.142. The summed E-state index contributed by atoms with van der Waals surface area (Å²) < 4.78 is 9.28. The number of carbonyl (C=O) groups is 2. The van der Waals surface area contributed by atoms with Crippen LogP contribution in [0.25, 0.3) is 0 Å². The minimum Gasteiger partial charge on any atom is -0.469 e. The van der Waals surface area contributed by atoms with E-state index in [1.165, 1.54) is 18.9 Å². The van der Waals surface area contributed by atoms with Crippen molar-refractivity contribution in [2.24, 2.45) is 0 Å². The van der Waals surface area contributed by atoms with Crippen LogP contribution >= 0.6 is 11.8 Å². The van der Waals surface area contributed by atoms with Gasteiger partial charge in [0.05, 0.1) is 25.4 Å². The fourth-order valence-electron chi connectivity index (χ4n) is 0.749. The lowest BCUT2D eigenvalue weighted by atomic mass is 10.5. The predicted octanol–water partition coefficient (Wildman–Crippen LogP) is 1.23. The number of ether oxygens (including phenoxy) is 2. The van der Waals surface area contributed by atoms with Crippen LogP contribution in [-0.2, 0) is 19.1 Å². The van der Waals surface area contributed by atoms with E-state index in [2.05, 4.69) is 4.74 Å². The normalized spacial score (nSPS) is 11.9. The van der Waals surface area contributed by atoms with Crippen molar-refractivity contribution in [1.29, 1.82) is 0 Å². The summed E-state index contributed by atoms with van der Waals surface area (Å²) >= 11 is 1.39. The number of esters is 2. The van der Waals surface area contributed by atoms with E-state index in [0.717, 1.165) is 0 Å². The van der Waals surface area contributed by atoms with Crippen LogP contribution in [0.4, 0.5) is 0 Å². The molecule has 0 unspecified atom stereocenters. The second-order valence-corrected chi connectivity index (χ2v) is 4.04. The Hall–Kier alpha value is -0.710. The Balaban J connectivity index is 3.58. The summed E-state index contributed by atoms with van der Waals surface area (Å²) in [6.45, 7) is 3.92. The molecule has 0 spiro atoms. The van der Waals surface area contributed by atoms with Gasteiger partial charge in [0.2, 0.25) is 0 Å². The molecule has 1 atom stereocenters. The van der Waals surface area contributed by atoms with E-state index >= 15 is 0 Å². The first kappa shape index (κ1) is 13.3. The molecule has 0 aromatic rings. The van der Waals surface area contributed by atoms with Gasteiger partial charge in [0.1, 0.15) is 0 Å². The van der Waals surface area contributed by atoms with Crippen LogP contribution in [0, 0.1) is 0 Å². The van der Waals surface area contributed by atoms with Crippen molar-refractivity contribution >= 4 is 23.7 Å². The first-order valence-electron chi connectivity index (χ1n) is 4.46. The van der Waals surface area contributed by atoms with E-state index in [0.29, 0.717) is 18.8 Å². The molecule has 14 heavy (non-hydrogen) atoms. The highest BCUT2D eigenvalue weighted by atomic mass is 32.2. The molecule has 0 fully saturated rings. The van der Waals surface area contributed by atoms with Gasteiger partial charge in [0.25, 0.3) is 0 Å². The molecule has 0 bridgehead atoms. The summed E-state index contributed by atoms with van der Waals surface area (Å²) in [5.41, 5.74) is 0. The molecule has 0 amide bonds. The zero-order valence-corrected chi connectivity index (χ0v) is 9.56. The van der Waals surface area contributed by atoms with Crippen molar-refractivity contribution in [3.63, 3.8) is 0 Å². The molecule has 0 heterocycles. The van der Waals surface area contributed by atoms with Crippen molar-refractivity contribution in [2.75, 3.05) is 19.5 Å². The third-order valence-corrected chi connectivity index (χ3v) is 2.65. The average molecular weight is 220 g/mol. The van der Waals surface area contributed by atoms with Crippen LogP contribution in [0.1, 0.15) is 20.3 Å². The van der Waals surface area contributed by atoms with E-state index in [-0.39, 0.29) is 17.2 Å². The van der Waals surface area contributed by atoms with E-state index in [1.54, 1.807) is 13.8 Å². The van der Waals surface area contributed by atoms with Gasteiger partial charge in [-0.25, -0.2) is 0 Å². The van der Waals surface area contributed by atoms with Gasteiger partial charge >= 0.3 is 11.9 Å². The molecule has 0 aliphatic carbocycles. The van der Waals surface area contributed by atoms with Gasteiger partial charge < -0.3 is 9.47 Å². The van der Waals surface area contributed by atoms with Crippen LogP contribution in [0.15, 0.2) is 0 Å². The largest absolute Gasteiger partial charge is 0.469 e. The lowest BCUT2D eigenvalue weighted by Gasteiger charge is -2.09. The van der Waals surface area contributed by atoms with Crippen LogP contribution in [-0.4, -0.2) is 36.7 Å². The van der Waals surface area contributed by atoms with E-state index in [1.807, 2.05) is 0 Å². The Morgan fingerprint density at radius 1 is 1.43 bits per heavy atom. The number of carbonyl (C=O) groups excluding carboxylic acids is 2. The Labute approximate surface area is 88.3 Å². The van der Waals surface area contributed by atoms with Crippen molar-refractivity contribution in [3.8, 4) is 0 Å². The Kier molecular flexibility index (Phi) is 7.28. The molecule has 4 nitrogen and oxygen atoms in total. The standard InChI is InChI=1S/C9H16O4S/c1-4-13-9(11)7(2)14-6-5-8(10)12-3/h7H,4-6H2,1-3H3/t7-/m0/s1. The summed E-state index contributed by atoms with van der Waals surface area (Å²) in [4.78, 5) is 21.9. The van der Waals surface area contributed by atoms with Crippen LogP contribution in [0.2, 0.25) is 0 Å². The number of methoxy groups -OCH3 is 1. The maximum Gasteiger partial charge on any atom is 0.318 e. The molecule has 0 radical (unpaired) electrons. The first-order chi connectivity index (χ1) is 6.61. The Morgan fingerprint density at radius 2 is 2.07 bits per heavy atom. The molecule has 0 aromatic heterocycles. The van der Waals surface area contributed by atoms with Crippen molar-refractivity contribution in [3.05, 3.63) is 0 Å². The summed E-state index contributed by atoms with van der Waals surface area (Å²) in [5, 5.41) is -0.223. The minimum absolute atomic E-state index is 0.223.